The van der Waals surface area contributed by atoms with Crippen LogP contribution in [0.1, 0.15) is 29.1 Å². The van der Waals surface area contributed by atoms with Gasteiger partial charge in [0, 0.05) is 10.9 Å². The molecule has 2 aromatic rings. The van der Waals surface area contributed by atoms with Crippen molar-refractivity contribution in [2.75, 3.05) is 0 Å². The van der Waals surface area contributed by atoms with E-state index in [4.69, 9.17) is 0 Å². The lowest BCUT2D eigenvalue weighted by Crippen LogP contribution is -2.36. The second kappa shape index (κ2) is 6.13. The predicted molar refractivity (Wildman–Crippen MR) is 75.7 cm³/mol. The number of benzene rings is 1. The number of carbonyl (C=O) groups excluding carboxylic acids is 1. The average Bonchev–Trinajstić information content (AvgIpc) is 2.91. The van der Waals surface area contributed by atoms with Crippen molar-refractivity contribution < 1.29 is 13.6 Å². The van der Waals surface area contributed by atoms with E-state index in [0.29, 0.717) is 6.54 Å². The van der Waals surface area contributed by atoms with Crippen LogP contribution >= 0.6 is 11.3 Å². The first-order valence-electron chi connectivity index (χ1n) is 6.28. The Morgan fingerprint density at radius 2 is 2.00 bits per heavy atom. The van der Waals surface area contributed by atoms with Crippen molar-refractivity contribution in [3.8, 4) is 0 Å². The largest absolute Gasteiger partial charge is 0.331 e. The molecule has 2 rings (SSSR count). The molecule has 20 heavy (non-hydrogen) atoms. The summed E-state index contributed by atoms with van der Waals surface area (Å²) in [4.78, 5) is 14.9. The lowest BCUT2D eigenvalue weighted by Gasteiger charge is -2.26. The summed E-state index contributed by atoms with van der Waals surface area (Å²) in [5, 5.41) is 1.92. The number of amides is 1. The van der Waals surface area contributed by atoms with Crippen LogP contribution < -0.4 is 0 Å². The second-order valence-corrected chi connectivity index (χ2v) is 5.74. The number of thiophene rings is 1. The molecule has 0 bridgehead atoms. The van der Waals surface area contributed by atoms with E-state index in [1.165, 1.54) is 28.4 Å². The molecule has 5 heteroatoms. The molecule has 1 heterocycles. The van der Waals surface area contributed by atoms with E-state index < -0.39 is 17.5 Å². The minimum atomic E-state index is -1.09. The van der Waals surface area contributed by atoms with Crippen molar-refractivity contribution in [2.45, 2.75) is 26.4 Å². The maximum Gasteiger partial charge on any atom is 0.257 e. The Bertz CT molecular complexity index is 596. The predicted octanol–water partition coefficient (Wildman–Crippen LogP) is 4.08. The van der Waals surface area contributed by atoms with Crippen LogP contribution in [0.4, 0.5) is 8.78 Å². The smallest absolute Gasteiger partial charge is 0.257 e. The molecule has 1 aromatic heterocycles. The molecule has 1 aromatic carbocycles. The quantitative estimate of drug-likeness (QED) is 0.832. The highest BCUT2D eigenvalue weighted by Crippen LogP contribution is 2.19. The Morgan fingerprint density at radius 3 is 2.60 bits per heavy atom. The Labute approximate surface area is 120 Å². The van der Waals surface area contributed by atoms with Crippen LogP contribution in [0.3, 0.4) is 0 Å². The van der Waals surface area contributed by atoms with Gasteiger partial charge >= 0.3 is 0 Å². The van der Waals surface area contributed by atoms with Gasteiger partial charge in [0.1, 0.15) is 0 Å². The van der Waals surface area contributed by atoms with Gasteiger partial charge < -0.3 is 4.90 Å². The minimum absolute atomic E-state index is 0.104. The van der Waals surface area contributed by atoms with E-state index in [1.54, 1.807) is 0 Å². The van der Waals surface area contributed by atoms with E-state index in [9.17, 15) is 13.6 Å². The molecule has 0 spiro atoms. The molecule has 106 valence electrons. The van der Waals surface area contributed by atoms with E-state index in [0.717, 1.165) is 10.9 Å². The van der Waals surface area contributed by atoms with Crippen LogP contribution in [-0.2, 0) is 6.54 Å². The second-order valence-electron chi connectivity index (χ2n) is 4.71. The third-order valence-electron chi connectivity index (χ3n) is 2.97. The third kappa shape index (κ3) is 3.04. The Hall–Kier alpha value is -1.75. The molecular weight excluding hydrogens is 280 g/mol. The SMILES string of the molecule is CC(C)N(Cc1cccs1)C(=O)c1cccc(F)c1F. The van der Waals surface area contributed by atoms with E-state index in [2.05, 4.69) is 0 Å². The summed E-state index contributed by atoms with van der Waals surface area (Å²) in [6, 6.07) is 7.36. The van der Waals surface area contributed by atoms with Gasteiger partial charge in [0.05, 0.1) is 12.1 Å². The van der Waals surface area contributed by atoms with Gasteiger partial charge in [0.25, 0.3) is 5.91 Å². The minimum Gasteiger partial charge on any atom is -0.331 e. The van der Waals surface area contributed by atoms with Crippen LogP contribution in [0.5, 0.6) is 0 Å². The Kier molecular flexibility index (Phi) is 4.49. The number of nitrogens with zero attached hydrogens (tertiary/aromatic N) is 1. The van der Waals surface area contributed by atoms with E-state index in [-0.39, 0.29) is 11.6 Å². The zero-order valence-electron chi connectivity index (χ0n) is 11.3. The fourth-order valence-electron chi connectivity index (χ4n) is 1.88. The molecule has 0 saturated carbocycles. The highest BCUT2D eigenvalue weighted by atomic mass is 32.1. The molecule has 1 amide bonds. The summed E-state index contributed by atoms with van der Waals surface area (Å²) in [7, 11) is 0. The van der Waals surface area contributed by atoms with E-state index in [1.807, 2.05) is 31.4 Å². The highest BCUT2D eigenvalue weighted by Gasteiger charge is 2.23. The molecule has 0 aliphatic heterocycles. The molecule has 0 fully saturated rings. The van der Waals surface area contributed by atoms with E-state index >= 15 is 0 Å². The summed E-state index contributed by atoms with van der Waals surface area (Å²) < 4.78 is 27.0. The number of halogens is 2. The van der Waals surface area contributed by atoms with Gasteiger partial charge in [-0.05, 0) is 37.4 Å². The first-order chi connectivity index (χ1) is 9.50. The monoisotopic (exact) mass is 295 g/mol. The summed E-state index contributed by atoms with van der Waals surface area (Å²) >= 11 is 1.53. The van der Waals surface area contributed by atoms with Crippen molar-refractivity contribution in [1.82, 2.24) is 4.90 Å². The van der Waals surface area contributed by atoms with Crippen LogP contribution in [0, 0.1) is 11.6 Å². The molecule has 0 atom stereocenters. The van der Waals surface area contributed by atoms with Crippen LogP contribution in [0.2, 0.25) is 0 Å². The van der Waals surface area contributed by atoms with Crippen molar-refractivity contribution in [2.24, 2.45) is 0 Å². The van der Waals surface area contributed by atoms with Gasteiger partial charge in [-0.2, -0.15) is 0 Å². The zero-order chi connectivity index (χ0) is 14.7. The lowest BCUT2D eigenvalue weighted by atomic mass is 10.1. The van der Waals surface area contributed by atoms with Gasteiger partial charge in [0.15, 0.2) is 11.6 Å². The number of hydrogen-bond donors (Lipinski definition) is 0. The van der Waals surface area contributed by atoms with Crippen LogP contribution in [0.15, 0.2) is 35.7 Å². The molecule has 0 unspecified atom stereocenters. The number of hydrogen-bond acceptors (Lipinski definition) is 2. The zero-order valence-corrected chi connectivity index (χ0v) is 12.1. The van der Waals surface area contributed by atoms with Crippen molar-refractivity contribution in [3.05, 3.63) is 57.8 Å². The fourth-order valence-corrected chi connectivity index (χ4v) is 2.59. The fraction of sp³-hybridized carbons (Fsp3) is 0.267. The van der Waals surface area contributed by atoms with Crippen molar-refractivity contribution in [1.29, 1.82) is 0 Å². The molecular formula is C15H15F2NOS. The molecule has 0 saturated heterocycles. The molecule has 2 nitrogen and oxygen atoms in total. The number of rotatable bonds is 4. The summed E-state index contributed by atoms with van der Waals surface area (Å²) in [6.45, 7) is 4.09. The lowest BCUT2D eigenvalue weighted by molar-refractivity contribution is 0.0686. The molecule has 0 radical (unpaired) electrons. The Balaban J connectivity index is 2.29. The van der Waals surface area contributed by atoms with Crippen molar-refractivity contribution >= 4 is 17.2 Å². The molecule has 0 aliphatic carbocycles. The first kappa shape index (κ1) is 14.7. The van der Waals surface area contributed by atoms with Crippen molar-refractivity contribution in [3.63, 3.8) is 0 Å². The van der Waals surface area contributed by atoms with Gasteiger partial charge in [-0.25, -0.2) is 8.78 Å². The summed E-state index contributed by atoms with van der Waals surface area (Å²) in [5.74, 6) is -2.59. The molecule has 0 aliphatic rings. The topological polar surface area (TPSA) is 20.3 Å². The average molecular weight is 295 g/mol. The number of carbonyl (C=O) groups is 1. The maximum atomic E-state index is 13.7. The van der Waals surface area contributed by atoms with Gasteiger partial charge in [0.2, 0.25) is 0 Å². The standard InChI is InChI=1S/C15H15F2NOS/c1-10(2)18(9-11-5-4-8-20-11)15(19)12-6-3-7-13(16)14(12)17/h3-8,10H,9H2,1-2H3. The summed E-state index contributed by atoms with van der Waals surface area (Å²) in [5.41, 5.74) is -0.227. The summed E-state index contributed by atoms with van der Waals surface area (Å²) in [6.07, 6.45) is 0. The van der Waals surface area contributed by atoms with Gasteiger partial charge in [-0.1, -0.05) is 12.1 Å². The van der Waals surface area contributed by atoms with Crippen LogP contribution in [0.25, 0.3) is 0 Å². The maximum absolute atomic E-state index is 13.7. The van der Waals surface area contributed by atoms with Gasteiger partial charge in [-0.15, -0.1) is 11.3 Å². The van der Waals surface area contributed by atoms with Crippen LogP contribution in [-0.4, -0.2) is 16.8 Å². The third-order valence-corrected chi connectivity index (χ3v) is 3.83. The first-order valence-corrected chi connectivity index (χ1v) is 7.16. The van der Waals surface area contributed by atoms with Gasteiger partial charge in [-0.3, -0.25) is 4.79 Å². The molecule has 0 N–H and O–H groups in total. The Morgan fingerprint density at radius 1 is 1.25 bits per heavy atom. The highest BCUT2D eigenvalue weighted by molar-refractivity contribution is 7.09. The normalized spacial score (nSPS) is 10.8.